The second-order valence-electron chi connectivity index (χ2n) is 3.73. The number of benzene rings is 1. The molecule has 1 aromatic carbocycles. The quantitative estimate of drug-likeness (QED) is 0.892. The fourth-order valence-electron chi connectivity index (χ4n) is 1.46. The van der Waals surface area contributed by atoms with E-state index in [4.69, 9.17) is 22.1 Å². The van der Waals surface area contributed by atoms with Gasteiger partial charge in [-0.05, 0) is 19.1 Å². The molecule has 0 unspecified atom stereocenters. The minimum absolute atomic E-state index is 0.226. The molecule has 0 radical (unpaired) electrons. The van der Waals surface area contributed by atoms with Gasteiger partial charge in [-0.15, -0.1) is 0 Å². The van der Waals surface area contributed by atoms with Gasteiger partial charge in [0.2, 0.25) is 5.95 Å². The maximum Gasteiger partial charge on any atom is 0.221 e. The Morgan fingerprint density at radius 1 is 1.39 bits per heavy atom. The van der Waals surface area contributed by atoms with Crippen LogP contribution in [0.1, 0.15) is 5.56 Å². The third-order valence-corrected chi connectivity index (χ3v) is 2.72. The second-order valence-corrected chi connectivity index (χ2v) is 4.14. The maximum atomic E-state index is 5.96. The highest BCUT2D eigenvalue weighted by molar-refractivity contribution is 6.32. The standard InChI is InChI=1S/C12H13ClN4O/c1-7-6-15-12(14)17-11(7)16-8-3-4-9(13)10(5-8)18-2/h3-6H,1-2H3,(H3,14,15,16,17). The lowest BCUT2D eigenvalue weighted by atomic mass is 10.2. The Labute approximate surface area is 110 Å². The van der Waals surface area contributed by atoms with Crippen LogP contribution in [0.3, 0.4) is 0 Å². The molecule has 0 amide bonds. The number of nitrogens with one attached hydrogen (secondary N) is 1. The molecule has 0 aliphatic carbocycles. The fourth-order valence-corrected chi connectivity index (χ4v) is 1.65. The summed E-state index contributed by atoms with van der Waals surface area (Å²) < 4.78 is 5.15. The number of aryl methyl sites for hydroxylation is 1. The predicted octanol–water partition coefficient (Wildman–Crippen LogP) is 2.77. The third-order valence-electron chi connectivity index (χ3n) is 2.40. The average molecular weight is 265 g/mol. The van der Waals surface area contributed by atoms with Crippen LogP contribution >= 0.6 is 11.6 Å². The first-order chi connectivity index (χ1) is 8.60. The lowest BCUT2D eigenvalue weighted by molar-refractivity contribution is 0.415. The van der Waals surface area contributed by atoms with Gasteiger partial charge in [0.05, 0.1) is 12.1 Å². The zero-order valence-electron chi connectivity index (χ0n) is 10.1. The molecule has 3 N–H and O–H groups in total. The Morgan fingerprint density at radius 3 is 2.89 bits per heavy atom. The van der Waals surface area contributed by atoms with E-state index in [1.54, 1.807) is 25.4 Å². The van der Waals surface area contributed by atoms with Gasteiger partial charge in [-0.2, -0.15) is 4.98 Å². The van der Waals surface area contributed by atoms with Crippen molar-refractivity contribution < 1.29 is 4.74 Å². The van der Waals surface area contributed by atoms with Crippen molar-refractivity contribution in [3.63, 3.8) is 0 Å². The summed E-state index contributed by atoms with van der Waals surface area (Å²) in [6.45, 7) is 1.90. The van der Waals surface area contributed by atoms with Gasteiger partial charge in [-0.25, -0.2) is 4.98 Å². The number of rotatable bonds is 3. The summed E-state index contributed by atoms with van der Waals surface area (Å²) in [6.07, 6.45) is 1.66. The highest BCUT2D eigenvalue weighted by Gasteiger charge is 2.05. The molecule has 0 aliphatic rings. The van der Waals surface area contributed by atoms with Crippen molar-refractivity contribution >= 4 is 29.1 Å². The minimum Gasteiger partial charge on any atom is -0.495 e. The number of hydrogen-bond acceptors (Lipinski definition) is 5. The summed E-state index contributed by atoms with van der Waals surface area (Å²) >= 11 is 5.96. The van der Waals surface area contributed by atoms with E-state index in [1.807, 2.05) is 13.0 Å². The highest BCUT2D eigenvalue weighted by atomic mass is 35.5. The first kappa shape index (κ1) is 12.4. The van der Waals surface area contributed by atoms with Crippen molar-refractivity contribution in [2.75, 3.05) is 18.2 Å². The number of nitrogens with two attached hydrogens (primary N) is 1. The Kier molecular flexibility index (Phi) is 3.53. The molecule has 6 heteroatoms. The number of methoxy groups -OCH3 is 1. The molecule has 0 fully saturated rings. The van der Waals surface area contributed by atoms with Crippen LogP contribution in [0.15, 0.2) is 24.4 Å². The van der Waals surface area contributed by atoms with Crippen LogP contribution in [0, 0.1) is 6.92 Å². The maximum absolute atomic E-state index is 5.96. The van der Waals surface area contributed by atoms with Gasteiger partial charge in [-0.3, -0.25) is 0 Å². The van der Waals surface area contributed by atoms with Crippen molar-refractivity contribution in [3.05, 3.63) is 35.0 Å². The van der Waals surface area contributed by atoms with Crippen molar-refractivity contribution in [3.8, 4) is 5.75 Å². The minimum atomic E-state index is 0.226. The highest BCUT2D eigenvalue weighted by Crippen LogP contribution is 2.29. The van der Waals surface area contributed by atoms with Gasteiger partial charge in [0, 0.05) is 23.5 Å². The van der Waals surface area contributed by atoms with E-state index in [9.17, 15) is 0 Å². The molecule has 2 rings (SSSR count). The Hall–Kier alpha value is -2.01. The molecular formula is C12H13ClN4O. The fraction of sp³-hybridized carbons (Fsp3) is 0.167. The molecule has 0 aliphatic heterocycles. The lowest BCUT2D eigenvalue weighted by Gasteiger charge is -2.10. The van der Waals surface area contributed by atoms with E-state index in [2.05, 4.69) is 15.3 Å². The number of ether oxygens (including phenoxy) is 1. The van der Waals surface area contributed by atoms with E-state index in [0.29, 0.717) is 16.6 Å². The zero-order chi connectivity index (χ0) is 13.1. The van der Waals surface area contributed by atoms with Gasteiger partial charge in [0.15, 0.2) is 0 Å². The summed E-state index contributed by atoms with van der Waals surface area (Å²) in [7, 11) is 1.57. The van der Waals surface area contributed by atoms with Crippen molar-refractivity contribution in [2.24, 2.45) is 0 Å². The number of anilines is 3. The molecule has 1 aromatic heterocycles. The molecule has 0 saturated carbocycles. The topological polar surface area (TPSA) is 73.1 Å². The van der Waals surface area contributed by atoms with Gasteiger partial charge < -0.3 is 15.8 Å². The number of nitrogens with zero attached hydrogens (tertiary/aromatic N) is 2. The molecule has 94 valence electrons. The molecule has 0 bridgehead atoms. The first-order valence-corrected chi connectivity index (χ1v) is 5.67. The molecule has 18 heavy (non-hydrogen) atoms. The largest absolute Gasteiger partial charge is 0.495 e. The van der Waals surface area contributed by atoms with Crippen LogP contribution in [0.5, 0.6) is 5.75 Å². The monoisotopic (exact) mass is 264 g/mol. The molecule has 0 atom stereocenters. The van der Waals surface area contributed by atoms with Crippen LogP contribution in [0.4, 0.5) is 17.5 Å². The number of hydrogen-bond donors (Lipinski definition) is 2. The van der Waals surface area contributed by atoms with E-state index in [-0.39, 0.29) is 5.95 Å². The summed E-state index contributed by atoms with van der Waals surface area (Å²) in [4.78, 5) is 8.04. The summed E-state index contributed by atoms with van der Waals surface area (Å²) in [5, 5.41) is 3.70. The molecule has 5 nitrogen and oxygen atoms in total. The summed E-state index contributed by atoms with van der Waals surface area (Å²) in [5.41, 5.74) is 7.27. The molecule has 1 heterocycles. The van der Waals surface area contributed by atoms with Gasteiger partial charge in [0.1, 0.15) is 11.6 Å². The normalized spacial score (nSPS) is 10.2. The SMILES string of the molecule is COc1cc(Nc2nc(N)ncc2C)ccc1Cl. The van der Waals surface area contributed by atoms with Crippen LogP contribution in [0.2, 0.25) is 5.02 Å². The Balaban J connectivity index is 2.31. The first-order valence-electron chi connectivity index (χ1n) is 5.30. The van der Waals surface area contributed by atoms with Crippen molar-refractivity contribution in [2.45, 2.75) is 6.92 Å². The average Bonchev–Trinajstić information content (AvgIpc) is 2.36. The molecular weight excluding hydrogens is 252 g/mol. The van der Waals surface area contributed by atoms with E-state index < -0.39 is 0 Å². The van der Waals surface area contributed by atoms with E-state index in [1.165, 1.54) is 0 Å². The number of aromatic nitrogens is 2. The molecule has 0 spiro atoms. The van der Waals surface area contributed by atoms with E-state index >= 15 is 0 Å². The van der Waals surface area contributed by atoms with Crippen LogP contribution in [0.25, 0.3) is 0 Å². The number of nitrogen functional groups attached to an aromatic ring is 1. The second kappa shape index (κ2) is 5.10. The Morgan fingerprint density at radius 2 is 2.17 bits per heavy atom. The van der Waals surface area contributed by atoms with E-state index in [0.717, 1.165) is 11.3 Å². The Bertz CT molecular complexity index is 574. The van der Waals surface area contributed by atoms with Crippen LogP contribution < -0.4 is 15.8 Å². The third kappa shape index (κ3) is 2.62. The summed E-state index contributed by atoms with van der Waals surface area (Å²) in [6, 6.07) is 5.38. The number of halogens is 1. The summed E-state index contributed by atoms with van der Waals surface area (Å²) in [5.74, 6) is 1.48. The smallest absolute Gasteiger partial charge is 0.221 e. The van der Waals surface area contributed by atoms with Gasteiger partial charge >= 0.3 is 0 Å². The van der Waals surface area contributed by atoms with Crippen molar-refractivity contribution in [1.82, 2.24) is 9.97 Å². The lowest BCUT2D eigenvalue weighted by Crippen LogP contribution is -2.02. The zero-order valence-corrected chi connectivity index (χ0v) is 10.8. The van der Waals surface area contributed by atoms with Gasteiger partial charge in [0.25, 0.3) is 0 Å². The van der Waals surface area contributed by atoms with Gasteiger partial charge in [-0.1, -0.05) is 11.6 Å². The van der Waals surface area contributed by atoms with Crippen molar-refractivity contribution in [1.29, 1.82) is 0 Å². The molecule has 2 aromatic rings. The van der Waals surface area contributed by atoms with Crippen LogP contribution in [-0.4, -0.2) is 17.1 Å². The van der Waals surface area contributed by atoms with Crippen LogP contribution in [-0.2, 0) is 0 Å². The molecule has 0 saturated heterocycles. The predicted molar refractivity (Wildman–Crippen MR) is 72.5 cm³/mol.